The van der Waals surface area contributed by atoms with E-state index >= 15 is 0 Å². The van der Waals surface area contributed by atoms with Crippen LogP contribution in [0, 0.1) is 0 Å². The summed E-state index contributed by atoms with van der Waals surface area (Å²) in [6.45, 7) is 3.86. The molecule has 1 aliphatic heterocycles. The number of amides is 2. The molecule has 1 fully saturated rings. The van der Waals surface area contributed by atoms with Crippen molar-refractivity contribution in [2.24, 2.45) is 0 Å². The summed E-state index contributed by atoms with van der Waals surface area (Å²) in [5.41, 5.74) is 0.759. The molecule has 0 aromatic carbocycles. The highest BCUT2D eigenvalue weighted by molar-refractivity contribution is 6.07. The molecule has 1 saturated heterocycles. The van der Waals surface area contributed by atoms with E-state index in [0.717, 1.165) is 12.1 Å². The average molecular weight is 247 g/mol. The molecule has 0 saturated carbocycles. The Labute approximate surface area is 106 Å². The van der Waals surface area contributed by atoms with Crippen molar-refractivity contribution in [3.05, 3.63) is 24.5 Å². The second kappa shape index (κ2) is 5.16. The van der Waals surface area contributed by atoms with E-state index in [0.29, 0.717) is 0 Å². The molecule has 1 N–H and O–H groups in total. The minimum absolute atomic E-state index is 0.0364. The third-order valence-corrected chi connectivity index (χ3v) is 3.22. The van der Waals surface area contributed by atoms with Crippen molar-refractivity contribution < 1.29 is 9.59 Å². The monoisotopic (exact) mass is 247 g/mol. The molecular weight excluding hydrogens is 230 g/mol. The number of imide groups is 1. The van der Waals surface area contributed by atoms with E-state index in [1.165, 1.54) is 4.90 Å². The Balaban J connectivity index is 2.09. The molecule has 1 aromatic heterocycles. The first-order valence-corrected chi connectivity index (χ1v) is 6.16. The summed E-state index contributed by atoms with van der Waals surface area (Å²) in [5.74, 6) is -0.242. The van der Waals surface area contributed by atoms with Gasteiger partial charge in [-0.1, -0.05) is 6.92 Å². The van der Waals surface area contributed by atoms with Crippen molar-refractivity contribution in [1.29, 1.82) is 0 Å². The molecule has 1 aliphatic rings. The minimum atomic E-state index is -0.462. The smallest absolute Gasteiger partial charge is 0.252 e. The maximum absolute atomic E-state index is 12.1. The lowest BCUT2D eigenvalue weighted by atomic mass is 10.2. The molecule has 5 heteroatoms. The molecule has 1 aromatic rings. The molecule has 2 atom stereocenters. The summed E-state index contributed by atoms with van der Waals surface area (Å²) in [5, 5.41) is 3.06. The minimum Gasteiger partial charge on any atom is -0.372 e. The molecule has 2 amide bonds. The van der Waals surface area contributed by atoms with Crippen LogP contribution in [-0.4, -0.2) is 33.8 Å². The molecular formula is C13H17N3O2. The number of hydrogen-bond donors (Lipinski definition) is 1. The lowest BCUT2D eigenvalue weighted by Gasteiger charge is -2.21. The molecule has 0 bridgehead atoms. The summed E-state index contributed by atoms with van der Waals surface area (Å²) in [6.07, 6.45) is 4.30. The van der Waals surface area contributed by atoms with Crippen molar-refractivity contribution in [1.82, 2.24) is 9.88 Å². The SMILES string of the molecule is CCC(C)N1C(=O)CC(Nc2cccnc2)C1=O. The fourth-order valence-corrected chi connectivity index (χ4v) is 2.06. The molecule has 2 unspecified atom stereocenters. The quantitative estimate of drug-likeness (QED) is 0.817. The number of rotatable bonds is 4. The Morgan fingerprint density at radius 1 is 1.56 bits per heavy atom. The number of nitrogens with zero attached hydrogens (tertiary/aromatic N) is 2. The number of carbonyl (C=O) groups excluding carboxylic acids is 2. The topological polar surface area (TPSA) is 62.3 Å². The van der Waals surface area contributed by atoms with Gasteiger partial charge >= 0.3 is 0 Å². The first kappa shape index (κ1) is 12.5. The Morgan fingerprint density at radius 2 is 2.33 bits per heavy atom. The Kier molecular flexibility index (Phi) is 3.60. The molecule has 2 heterocycles. The van der Waals surface area contributed by atoms with Crippen LogP contribution in [0.5, 0.6) is 0 Å². The molecule has 18 heavy (non-hydrogen) atoms. The van der Waals surface area contributed by atoms with E-state index in [-0.39, 0.29) is 24.3 Å². The Hall–Kier alpha value is -1.91. The van der Waals surface area contributed by atoms with Crippen LogP contribution in [0.25, 0.3) is 0 Å². The van der Waals surface area contributed by atoms with Gasteiger partial charge in [-0.15, -0.1) is 0 Å². The maximum Gasteiger partial charge on any atom is 0.252 e. The summed E-state index contributed by atoms with van der Waals surface area (Å²) in [7, 11) is 0. The van der Waals surface area contributed by atoms with E-state index in [1.807, 2.05) is 19.9 Å². The standard InChI is InChI=1S/C13H17N3O2/c1-3-9(2)16-12(17)7-11(13(16)18)15-10-5-4-6-14-8-10/h4-6,8-9,11,15H,3,7H2,1-2H3. The zero-order valence-electron chi connectivity index (χ0n) is 10.6. The average Bonchev–Trinajstić information content (AvgIpc) is 2.65. The zero-order valence-corrected chi connectivity index (χ0v) is 10.6. The van der Waals surface area contributed by atoms with Gasteiger partial charge in [-0.2, -0.15) is 0 Å². The van der Waals surface area contributed by atoms with E-state index < -0.39 is 6.04 Å². The van der Waals surface area contributed by atoms with Gasteiger partial charge in [0.15, 0.2) is 0 Å². The molecule has 2 rings (SSSR count). The number of nitrogens with one attached hydrogen (secondary N) is 1. The first-order valence-electron chi connectivity index (χ1n) is 6.16. The number of pyridine rings is 1. The van der Waals surface area contributed by atoms with Crippen LogP contribution in [0.3, 0.4) is 0 Å². The van der Waals surface area contributed by atoms with Crippen LogP contribution in [-0.2, 0) is 9.59 Å². The third-order valence-electron chi connectivity index (χ3n) is 3.22. The highest BCUT2D eigenvalue weighted by Crippen LogP contribution is 2.20. The lowest BCUT2D eigenvalue weighted by molar-refractivity contribution is -0.140. The van der Waals surface area contributed by atoms with Crippen molar-refractivity contribution in [3.8, 4) is 0 Å². The van der Waals surface area contributed by atoms with E-state index in [4.69, 9.17) is 0 Å². The van der Waals surface area contributed by atoms with Crippen LogP contribution >= 0.6 is 0 Å². The number of likely N-dealkylation sites (tertiary alicyclic amines) is 1. The second-order valence-electron chi connectivity index (χ2n) is 4.50. The summed E-state index contributed by atoms with van der Waals surface area (Å²) in [4.78, 5) is 29.3. The first-order chi connectivity index (χ1) is 8.63. The summed E-state index contributed by atoms with van der Waals surface area (Å²) < 4.78 is 0. The summed E-state index contributed by atoms with van der Waals surface area (Å²) >= 11 is 0. The number of aromatic nitrogens is 1. The van der Waals surface area contributed by atoms with Crippen LogP contribution < -0.4 is 5.32 Å². The van der Waals surface area contributed by atoms with Gasteiger partial charge in [0.2, 0.25) is 5.91 Å². The van der Waals surface area contributed by atoms with Crippen LogP contribution in [0.1, 0.15) is 26.7 Å². The van der Waals surface area contributed by atoms with Crippen LogP contribution in [0.15, 0.2) is 24.5 Å². The normalized spacial score (nSPS) is 21.2. The molecule has 0 aliphatic carbocycles. The Morgan fingerprint density at radius 3 is 2.94 bits per heavy atom. The lowest BCUT2D eigenvalue weighted by Crippen LogP contribution is -2.40. The Bertz CT molecular complexity index is 447. The van der Waals surface area contributed by atoms with Gasteiger partial charge in [-0.25, -0.2) is 0 Å². The van der Waals surface area contributed by atoms with Crippen LogP contribution in [0.2, 0.25) is 0 Å². The van der Waals surface area contributed by atoms with Crippen molar-refractivity contribution in [3.63, 3.8) is 0 Å². The van der Waals surface area contributed by atoms with Gasteiger partial charge in [0.1, 0.15) is 6.04 Å². The number of hydrogen-bond acceptors (Lipinski definition) is 4. The summed E-state index contributed by atoms with van der Waals surface area (Å²) in [6, 6.07) is 3.12. The van der Waals surface area contributed by atoms with E-state index in [9.17, 15) is 9.59 Å². The van der Waals surface area contributed by atoms with Crippen molar-refractivity contribution in [2.45, 2.75) is 38.8 Å². The third kappa shape index (κ3) is 2.34. The van der Waals surface area contributed by atoms with Gasteiger partial charge in [-0.05, 0) is 25.5 Å². The molecule has 0 spiro atoms. The number of carbonyl (C=O) groups is 2. The molecule has 96 valence electrons. The molecule has 0 radical (unpaired) electrons. The second-order valence-corrected chi connectivity index (χ2v) is 4.50. The fraction of sp³-hybridized carbons (Fsp3) is 0.462. The number of anilines is 1. The maximum atomic E-state index is 12.1. The predicted molar refractivity (Wildman–Crippen MR) is 67.9 cm³/mol. The predicted octanol–water partition coefficient (Wildman–Crippen LogP) is 1.42. The zero-order chi connectivity index (χ0) is 13.1. The van der Waals surface area contributed by atoms with Gasteiger partial charge in [0.25, 0.3) is 5.91 Å². The van der Waals surface area contributed by atoms with E-state index in [2.05, 4.69) is 10.3 Å². The highest BCUT2D eigenvalue weighted by Gasteiger charge is 2.40. The van der Waals surface area contributed by atoms with Crippen molar-refractivity contribution in [2.75, 3.05) is 5.32 Å². The van der Waals surface area contributed by atoms with Gasteiger partial charge in [-0.3, -0.25) is 19.5 Å². The van der Waals surface area contributed by atoms with Crippen LogP contribution in [0.4, 0.5) is 5.69 Å². The van der Waals surface area contributed by atoms with Gasteiger partial charge in [0.05, 0.1) is 12.1 Å². The van der Waals surface area contributed by atoms with Crippen molar-refractivity contribution >= 4 is 17.5 Å². The largest absolute Gasteiger partial charge is 0.372 e. The van der Waals surface area contributed by atoms with Gasteiger partial charge < -0.3 is 5.32 Å². The van der Waals surface area contributed by atoms with Gasteiger partial charge in [0, 0.05) is 18.4 Å². The van der Waals surface area contributed by atoms with E-state index in [1.54, 1.807) is 18.5 Å². The fourth-order valence-electron chi connectivity index (χ4n) is 2.06. The highest BCUT2D eigenvalue weighted by atomic mass is 16.2. The molecule has 5 nitrogen and oxygen atoms in total.